The molecule has 1 amide bonds. The molecule has 0 atom stereocenters. The number of aromatic nitrogens is 1. The minimum absolute atomic E-state index is 0.0548. The predicted molar refractivity (Wildman–Crippen MR) is 119 cm³/mol. The molecule has 0 aliphatic heterocycles. The predicted octanol–water partition coefficient (Wildman–Crippen LogP) is 3.09. The van der Waals surface area contributed by atoms with Gasteiger partial charge in [-0.25, -0.2) is 13.4 Å². The second-order valence-corrected chi connectivity index (χ2v) is 9.70. The van der Waals surface area contributed by atoms with Gasteiger partial charge in [0.15, 0.2) is 16.6 Å². The fourth-order valence-electron chi connectivity index (χ4n) is 2.89. The summed E-state index contributed by atoms with van der Waals surface area (Å²) < 4.78 is 41.2. The van der Waals surface area contributed by atoms with Crippen molar-refractivity contribution in [2.24, 2.45) is 0 Å². The van der Waals surface area contributed by atoms with Crippen molar-refractivity contribution < 1.29 is 32.3 Å². The summed E-state index contributed by atoms with van der Waals surface area (Å²) in [6.45, 7) is 0. The second-order valence-electron chi connectivity index (χ2n) is 6.50. The Hall–Kier alpha value is -3.71. The second kappa shape index (κ2) is 9.83. The highest BCUT2D eigenvalue weighted by Gasteiger charge is 2.23. The first-order valence-corrected chi connectivity index (χ1v) is 11.5. The number of carbonyl (C=O) groups excluding carboxylic acids is 1. The molecular formula is C20H19N3O8S2. The number of hydrogen-bond donors (Lipinski definition) is 1. The fourth-order valence-corrected chi connectivity index (χ4v) is 5.34. The number of non-ortho nitro benzene ring substituents is 1. The summed E-state index contributed by atoms with van der Waals surface area (Å²) in [5, 5.41) is 13.4. The van der Waals surface area contributed by atoms with Gasteiger partial charge in [-0.15, -0.1) is 0 Å². The molecule has 0 bridgehead atoms. The van der Waals surface area contributed by atoms with E-state index in [-0.39, 0.29) is 26.3 Å². The van der Waals surface area contributed by atoms with Crippen molar-refractivity contribution in [3.05, 3.63) is 58.3 Å². The molecule has 0 aliphatic rings. The summed E-state index contributed by atoms with van der Waals surface area (Å²) in [5.41, 5.74) is 0.357. The maximum atomic E-state index is 12.8. The molecule has 0 radical (unpaired) electrons. The van der Waals surface area contributed by atoms with Crippen LogP contribution >= 0.6 is 11.3 Å². The number of hydrogen-bond acceptors (Lipinski definition) is 10. The number of amides is 1. The van der Waals surface area contributed by atoms with Gasteiger partial charge in [0.05, 0.1) is 43.8 Å². The van der Waals surface area contributed by atoms with Crippen LogP contribution in [0.4, 0.5) is 10.8 Å². The molecule has 1 heterocycles. The normalized spacial score (nSPS) is 11.0. The molecule has 1 N–H and O–H groups in total. The molecule has 174 valence electrons. The van der Waals surface area contributed by atoms with Gasteiger partial charge in [0.1, 0.15) is 4.21 Å². The van der Waals surface area contributed by atoms with Crippen LogP contribution in [0.5, 0.6) is 17.2 Å². The Bertz CT molecular complexity index is 1260. The van der Waals surface area contributed by atoms with Crippen LogP contribution in [0, 0.1) is 10.1 Å². The number of nitro groups is 1. The largest absolute Gasteiger partial charge is 0.493 e. The van der Waals surface area contributed by atoms with Crippen molar-refractivity contribution in [2.75, 3.05) is 26.6 Å². The van der Waals surface area contributed by atoms with E-state index in [0.717, 1.165) is 41.8 Å². The average molecular weight is 494 g/mol. The SMILES string of the molecule is COc1cc(CC(=O)Nc2ncc(S(=O)(=O)c3ccc([N+](=O)[O-])cc3)s2)cc(OC)c1OC. The quantitative estimate of drug-likeness (QED) is 0.351. The highest BCUT2D eigenvalue weighted by atomic mass is 32.2. The summed E-state index contributed by atoms with van der Waals surface area (Å²) in [6, 6.07) is 7.77. The minimum Gasteiger partial charge on any atom is -0.493 e. The van der Waals surface area contributed by atoms with E-state index < -0.39 is 20.7 Å². The van der Waals surface area contributed by atoms with Gasteiger partial charge in [-0.1, -0.05) is 11.3 Å². The zero-order chi connectivity index (χ0) is 24.2. The first kappa shape index (κ1) is 23.9. The van der Waals surface area contributed by atoms with Crippen LogP contribution in [0.2, 0.25) is 0 Å². The Morgan fingerprint density at radius 3 is 2.21 bits per heavy atom. The third kappa shape index (κ3) is 5.21. The molecule has 0 fully saturated rings. The van der Waals surface area contributed by atoms with Crippen LogP contribution in [0.1, 0.15) is 5.56 Å². The van der Waals surface area contributed by atoms with Crippen LogP contribution in [0.25, 0.3) is 0 Å². The molecule has 33 heavy (non-hydrogen) atoms. The topological polar surface area (TPSA) is 147 Å². The van der Waals surface area contributed by atoms with Gasteiger partial charge >= 0.3 is 0 Å². The molecular weight excluding hydrogens is 474 g/mol. The third-order valence-electron chi connectivity index (χ3n) is 4.44. The minimum atomic E-state index is -3.95. The fraction of sp³-hybridized carbons (Fsp3) is 0.200. The summed E-state index contributed by atoms with van der Waals surface area (Å²) in [4.78, 5) is 26.5. The molecule has 0 unspecified atom stereocenters. The van der Waals surface area contributed by atoms with Gasteiger partial charge in [-0.3, -0.25) is 14.9 Å². The van der Waals surface area contributed by atoms with Crippen molar-refractivity contribution in [1.82, 2.24) is 4.98 Å². The maximum Gasteiger partial charge on any atom is 0.269 e. The Morgan fingerprint density at radius 1 is 1.09 bits per heavy atom. The average Bonchev–Trinajstić information content (AvgIpc) is 3.27. The monoisotopic (exact) mass is 493 g/mol. The van der Waals surface area contributed by atoms with E-state index in [9.17, 15) is 23.3 Å². The van der Waals surface area contributed by atoms with E-state index in [0.29, 0.717) is 22.8 Å². The number of sulfone groups is 1. The molecule has 11 nitrogen and oxygen atoms in total. The van der Waals surface area contributed by atoms with E-state index in [1.807, 2.05) is 0 Å². The van der Waals surface area contributed by atoms with Crippen molar-refractivity contribution >= 4 is 37.9 Å². The number of nitro benzene ring substituents is 1. The van der Waals surface area contributed by atoms with Crippen molar-refractivity contribution in [1.29, 1.82) is 0 Å². The van der Waals surface area contributed by atoms with Gasteiger partial charge in [0, 0.05) is 12.1 Å². The molecule has 13 heteroatoms. The van der Waals surface area contributed by atoms with E-state index in [4.69, 9.17) is 14.2 Å². The van der Waals surface area contributed by atoms with E-state index in [2.05, 4.69) is 10.3 Å². The van der Waals surface area contributed by atoms with Crippen LogP contribution in [-0.4, -0.2) is 45.6 Å². The number of nitrogens with one attached hydrogen (secondary N) is 1. The number of ether oxygens (including phenoxy) is 3. The lowest BCUT2D eigenvalue weighted by atomic mass is 10.1. The number of carbonyl (C=O) groups is 1. The number of rotatable bonds is 9. The molecule has 3 rings (SSSR count). The number of anilines is 1. The summed E-state index contributed by atoms with van der Waals surface area (Å²) >= 11 is 0.771. The van der Waals surface area contributed by atoms with Crippen molar-refractivity contribution in [3.8, 4) is 17.2 Å². The lowest BCUT2D eigenvalue weighted by molar-refractivity contribution is -0.384. The molecule has 0 saturated carbocycles. The zero-order valence-electron chi connectivity index (χ0n) is 17.7. The van der Waals surface area contributed by atoms with E-state index in [1.54, 1.807) is 12.1 Å². The lowest BCUT2D eigenvalue weighted by Crippen LogP contribution is -2.14. The smallest absolute Gasteiger partial charge is 0.269 e. The number of thiazole rings is 1. The highest BCUT2D eigenvalue weighted by molar-refractivity contribution is 7.93. The van der Waals surface area contributed by atoms with E-state index >= 15 is 0 Å². The highest BCUT2D eigenvalue weighted by Crippen LogP contribution is 2.38. The Kier molecular flexibility index (Phi) is 7.13. The molecule has 2 aromatic carbocycles. The van der Waals surface area contributed by atoms with Gasteiger partial charge in [0.2, 0.25) is 21.5 Å². The van der Waals surface area contributed by atoms with Gasteiger partial charge in [-0.2, -0.15) is 0 Å². The molecule has 0 saturated heterocycles. The summed E-state index contributed by atoms with van der Waals surface area (Å²) in [7, 11) is 0.448. The lowest BCUT2D eigenvalue weighted by Gasteiger charge is -2.13. The van der Waals surface area contributed by atoms with Gasteiger partial charge in [-0.05, 0) is 29.8 Å². The van der Waals surface area contributed by atoms with Crippen LogP contribution in [0.15, 0.2) is 51.7 Å². The first-order chi connectivity index (χ1) is 15.7. The molecule has 0 spiro atoms. The van der Waals surface area contributed by atoms with Crippen molar-refractivity contribution in [2.45, 2.75) is 15.5 Å². The summed E-state index contributed by atoms with van der Waals surface area (Å²) in [6.07, 6.45) is 1.07. The third-order valence-corrected chi connectivity index (χ3v) is 7.59. The number of methoxy groups -OCH3 is 3. The van der Waals surface area contributed by atoms with Crippen LogP contribution < -0.4 is 19.5 Å². The van der Waals surface area contributed by atoms with Crippen LogP contribution in [0.3, 0.4) is 0 Å². The Morgan fingerprint density at radius 2 is 1.70 bits per heavy atom. The summed E-state index contributed by atoms with van der Waals surface area (Å²) in [5.74, 6) is 0.749. The Balaban J connectivity index is 1.75. The number of nitrogens with zero attached hydrogens (tertiary/aromatic N) is 2. The van der Waals surface area contributed by atoms with Gasteiger partial charge in [0.25, 0.3) is 5.69 Å². The number of benzene rings is 2. The Labute approximate surface area is 193 Å². The zero-order valence-corrected chi connectivity index (χ0v) is 19.4. The molecule has 0 aliphatic carbocycles. The van der Waals surface area contributed by atoms with Crippen LogP contribution in [-0.2, 0) is 21.1 Å². The molecule has 1 aromatic heterocycles. The standard InChI is InChI=1S/C20H19N3O8S2/c1-29-15-8-12(9-16(30-2)19(15)31-3)10-17(24)22-20-21-11-18(32-20)33(27,28)14-6-4-13(5-7-14)23(25)26/h4-9,11H,10H2,1-3H3,(H,21,22,24). The van der Waals surface area contributed by atoms with Crippen molar-refractivity contribution in [3.63, 3.8) is 0 Å². The van der Waals surface area contributed by atoms with E-state index in [1.165, 1.54) is 21.3 Å². The van der Waals surface area contributed by atoms with Gasteiger partial charge < -0.3 is 19.5 Å². The molecule has 3 aromatic rings. The first-order valence-electron chi connectivity index (χ1n) is 9.23. The maximum absolute atomic E-state index is 12.8.